The molecule has 0 aromatic heterocycles. The molecule has 0 spiro atoms. The smallest absolute Gasteiger partial charge is 0.330 e. The number of carbonyl (C=O) groups is 1. The zero-order valence-electron chi connectivity index (χ0n) is 16.7. The quantitative estimate of drug-likeness (QED) is 0.635. The van der Waals surface area contributed by atoms with E-state index in [1.165, 1.54) is 0 Å². The lowest BCUT2D eigenvalue weighted by atomic mass is 9.96. The lowest BCUT2D eigenvalue weighted by molar-refractivity contribution is -0.138. The van der Waals surface area contributed by atoms with Crippen LogP contribution in [0.4, 0.5) is 11.4 Å². The van der Waals surface area contributed by atoms with Gasteiger partial charge in [-0.15, -0.1) is 0 Å². The molecule has 0 aliphatic carbocycles. The number of nitriles is 1. The van der Waals surface area contributed by atoms with E-state index in [0.29, 0.717) is 16.8 Å². The van der Waals surface area contributed by atoms with Crippen molar-refractivity contribution < 1.29 is 9.90 Å². The first-order chi connectivity index (χ1) is 13.9. The lowest BCUT2D eigenvalue weighted by Crippen LogP contribution is -2.20. The van der Waals surface area contributed by atoms with Gasteiger partial charge in [-0.1, -0.05) is 29.8 Å². The number of carboxylic acids is 1. The van der Waals surface area contributed by atoms with Gasteiger partial charge in [0, 0.05) is 25.5 Å². The molecule has 2 N–H and O–H groups in total. The Bertz CT molecular complexity index is 1070. The van der Waals surface area contributed by atoms with Crippen LogP contribution in [0.1, 0.15) is 22.7 Å². The summed E-state index contributed by atoms with van der Waals surface area (Å²) < 4.78 is 0. The summed E-state index contributed by atoms with van der Waals surface area (Å²) in [4.78, 5) is 14.0. The first-order valence-electron chi connectivity index (χ1n) is 9.26. The molecular weight excluding hydrogens is 362 g/mol. The van der Waals surface area contributed by atoms with Crippen LogP contribution in [0.25, 0.3) is 11.1 Å². The topological polar surface area (TPSA) is 76.4 Å². The molecule has 0 amide bonds. The van der Waals surface area contributed by atoms with Gasteiger partial charge in [0.05, 0.1) is 11.6 Å². The fraction of sp³-hybridized carbons (Fsp3) is 0.167. The Hall–Kier alpha value is -3.78. The van der Waals surface area contributed by atoms with Gasteiger partial charge in [-0.25, -0.2) is 4.79 Å². The van der Waals surface area contributed by atoms with Crippen molar-refractivity contribution in [3.8, 4) is 17.2 Å². The number of nitrogens with one attached hydrogen (secondary N) is 1. The zero-order chi connectivity index (χ0) is 21.0. The fourth-order valence-electron chi connectivity index (χ4n) is 3.21. The van der Waals surface area contributed by atoms with Crippen molar-refractivity contribution >= 4 is 17.3 Å². The average Bonchev–Trinajstić information content (AvgIpc) is 2.71. The van der Waals surface area contributed by atoms with Crippen molar-refractivity contribution in [1.82, 2.24) is 0 Å². The highest BCUT2D eigenvalue weighted by atomic mass is 16.4. The van der Waals surface area contributed by atoms with Crippen LogP contribution in [0.3, 0.4) is 0 Å². The zero-order valence-corrected chi connectivity index (χ0v) is 16.7. The van der Waals surface area contributed by atoms with E-state index >= 15 is 0 Å². The third-order valence-corrected chi connectivity index (χ3v) is 4.70. The maximum absolute atomic E-state index is 12.0. The van der Waals surface area contributed by atoms with Gasteiger partial charge in [0.2, 0.25) is 0 Å². The molecule has 0 radical (unpaired) electrons. The van der Waals surface area contributed by atoms with Crippen molar-refractivity contribution in [3.05, 3.63) is 83.4 Å². The van der Waals surface area contributed by atoms with Gasteiger partial charge >= 0.3 is 5.97 Å². The van der Waals surface area contributed by atoms with E-state index < -0.39 is 12.0 Å². The lowest BCUT2D eigenvalue weighted by Gasteiger charge is -2.19. The van der Waals surface area contributed by atoms with Crippen LogP contribution in [0.2, 0.25) is 0 Å². The summed E-state index contributed by atoms with van der Waals surface area (Å²) in [6, 6.07) is 21.9. The van der Waals surface area contributed by atoms with Crippen molar-refractivity contribution in [2.75, 3.05) is 24.3 Å². The van der Waals surface area contributed by atoms with E-state index in [2.05, 4.69) is 23.5 Å². The van der Waals surface area contributed by atoms with Gasteiger partial charge < -0.3 is 15.3 Å². The number of nitrogens with zero attached hydrogens (tertiary/aromatic N) is 2. The Kier molecular flexibility index (Phi) is 5.85. The van der Waals surface area contributed by atoms with Gasteiger partial charge in [-0.05, 0) is 66.1 Å². The second-order valence-corrected chi connectivity index (χ2v) is 7.18. The number of anilines is 2. The molecule has 0 fully saturated rings. The maximum atomic E-state index is 12.0. The molecule has 3 aromatic rings. The van der Waals surface area contributed by atoms with Crippen LogP contribution in [-0.2, 0) is 4.79 Å². The van der Waals surface area contributed by atoms with Crippen molar-refractivity contribution in [2.45, 2.75) is 13.0 Å². The Balaban J connectivity index is 1.98. The van der Waals surface area contributed by atoms with Crippen LogP contribution < -0.4 is 10.2 Å². The van der Waals surface area contributed by atoms with E-state index in [9.17, 15) is 9.90 Å². The van der Waals surface area contributed by atoms with Crippen molar-refractivity contribution in [2.24, 2.45) is 0 Å². The van der Waals surface area contributed by atoms with E-state index in [1.807, 2.05) is 56.3 Å². The molecule has 0 aliphatic rings. The standard InChI is InChI=1S/C24H23N3O2/c1-16-11-19(18-5-4-6-22(14-18)27(2)3)13-20(12-16)23(24(28)29)26-21-9-7-17(15-25)8-10-21/h4-14,23,26H,1-3H3,(H,28,29). The van der Waals surface area contributed by atoms with Gasteiger partial charge in [0.1, 0.15) is 0 Å². The number of carboxylic acid groups (broad SMARTS) is 1. The second-order valence-electron chi connectivity index (χ2n) is 7.18. The number of hydrogen-bond donors (Lipinski definition) is 2. The first kappa shape index (κ1) is 20.0. The minimum Gasteiger partial charge on any atom is -0.479 e. The molecule has 5 nitrogen and oxygen atoms in total. The first-order valence-corrected chi connectivity index (χ1v) is 9.26. The molecule has 0 bridgehead atoms. The third kappa shape index (κ3) is 4.74. The molecule has 3 aromatic carbocycles. The molecule has 5 heteroatoms. The minimum absolute atomic E-state index is 0.529. The largest absolute Gasteiger partial charge is 0.479 e. The van der Waals surface area contributed by atoms with Gasteiger partial charge in [0.25, 0.3) is 0 Å². The number of aryl methyl sites for hydroxylation is 1. The highest BCUT2D eigenvalue weighted by molar-refractivity contribution is 5.81. The summed E-state index contributed by atoms with van der Waals surface area (Å²) in [6.07, 6.45) is 0. The summed E-state index contributed by atoms with van der Waals surface area (Å²) in [5, 5.41) is 21.8. The Morgan fingerprint density at radius 3 is 2.38 bits per heavy atom. The Labute approximate surface area is 170 Å². The fourth-order valence-corrected chi connectivity index (χ4v) is 3.21. The summed E-state index contributed by atoms with van der Waals surface area (Å²) in [7, 11) is 3.98. The normalized spacial score (nSPS) is 11.4. The van der Waals surface area contributed by atoms with E-state index in [1.54, 1.807) is 24.3 Å². The van der Waals surface area contributed by atoms with Crippen molar-refractivity contribution in [1.29, 1.82) is 5.26 Å². The predicted molar refractivity (Wildman–Crippen MR) is 116 cm³/mol. The molecule has 0 saturated heterocycles. The summed E-state index contributed by atoms with van der Waals surface area (Å²) in [5.41, 5.74) is 5.92. The van der Waals surface area contributed by atoms with E-state index in [4.69, 9.17) is 5.26 Å². The highest BCUT2D eigenvalue weighted by Gasteiger charge is 2.21. The molecule has 0 aliphatic heterocycles. The summed E-state index contributed by atoms with van der Waals surface area (Å²) in [5.74, 6) is -0.965. The van der Waals surface area contributed by atoms with Gasteiger partial charge in [-0.3, -0.25) is 0 Å². The number of benzene rings is 3. The Morgan fingerprint density at radius 1 is 1.03 bits per heavy atom. The van der Waals surface area contributed by atoms with E-state index in [-0.39, 0.29) is 0 Å². The van der Waals surface area contributed by atoms with Gasteiger partial charge in [-0.2, -0.15) is 5.26 Å². The number of rotatable bonds is 6. The monoisotopic (exact) mass is 385 g/mol. The third-order valence-electron chi connectivity index (χ3n) is 4.70. The SMILES string of the molecule is Cc1cc(-c2cccc(N(C)C)c2)cc(C(Nc2ccc(C#N)cc2)C(=O)O)c1. The van der Waals surface area contributed by atoms with Crippen LogP contribution in [-0.4, -0.2) is 25.2 Å². The van der Waals surface area contributed by atoms with E-state index in [0.717, 1.165) is 22.4 Å². The second kappa shape index (κ2) is 8.49. The minimum atomic E-state index is -0.965. The molecular formula is C24H23N3O2. The van der Waals surface area contributed by atoms with Crippen LogP contribution >= 0.6 is 0 Å². The summed E-state index contributed by atoms with van der Waals surface area (Å²) >= 11 is 0. The molecule has 0 saturated carbocycles. The predicted octanol–water partition coefficient (Wildman–Crippen LogP) is 4.84. The maximum Gasteiger partial charge on any atom is 0.330 e. The van der Waals surface area contributed by atoms with Crippen LogP contribution in [0.15, 0.2) is 66.7 Å². The molecule has 0 heterocycles. The molecule has 3 rings (SSSR count). The molecule has 146 valence electrons. The molecule has 29 heavy (non-hydrogen) atoms. The number of aliphatic carboxylic acids is 1. The highest BCUT2D eigenvalue weighted by Crippen LogP contribution is 2.29. The molecule has 1 unspecified atom stereocenters. The number of hydrogen-bond acceptors (Lipinski definition) is 4. The van der Waals surface area contributed by atoms with Crippen molar-refractivity contribution in [3.63, 3.8) is 0 Å². The average molecular weight is 385 g/mol. The molecule has 1 atom stereocenters. The van der Waals surface area contributed by atoms with Gasteiger partial charge in [0.15, 0.2) is 6.04 Å². The van der Waals surface area contributed by atoms with Crippen LogP contribution in [0.5, 0.6) is 0 Å². The van der Waals surface area contributed by atoms with Crippen LogP contribution in [0, 0.1) is 18.3 Å². The Morgan fingerprint density at radius 2 is 1.76 bits per heavy atom. The summed E-state index contributed by atoms with van der Waals surface area (Å²) in [6.45, 7) is 1.96.